The number of hydrogen-bond acceptors (Lipinski definition) is 4. The zero-order chi connectivity index (χ0) is 19.2. The van der Waals surface area contributed by atoms with Crippen LogP contribution in [0, 0.1) is 11.3 Å². The van der Waals surface area contributed by atoms with Crippen molar-refractivity contribution >= 4 is 11.7 Å². The molecule has 0 aliphatic rings. The summed E-state index contributed by atoms with van der Waals surface area (Å²) in [5.74, 6) is -0.362. The van der Waals surface area contributed by atoms with Gasteiger partial charge in [-0.3, -0.25) is 0 Å². The predicted molar refractivity (Wildman–Crippen MR) is 106 cm³/mol. The first-order valence-corrected chi connectivity index (χ1v) is 8.77. The fraction of sp³-hybridized carbons (Fsp3) is 0.130. The molecule has 4 heteroatoms. The molecular weight excluding hydrogens is 336 g/mol. The SMILES string of the molecule is CCOC(=O)c1cccc(N)c1Cc1ccc(-c2ccccc2C#N)cc1. The van der Waals surface area contributed by atoms with E-state index in [-0.39, 0.29) is 5.97 Å². The summed E-state index contributed by atoms with van der Waals surface area (Å²) in [6, 6.07) is 23.0. The van der Waals surface area contributed by atoms with Crippen LogP contribution in [0.5, 0.6) is 0 Å². The normalized spacial score (nSPS) is 10.2. The van der Waals surface area contributed by atoms with Gasteiger partial charge in [-0.25, -0.2) is 4.79 Å². The largest absolute Gasteiger partial charge is 0.462 e. The number of nitriles is 1. The van der Waals surface area contributed by atoms with E-state index in [1.807, 2.05) is 42.5 Å². The Morgan fingerprint density at radius 2 is 1.78 bits per heavy atom. The summed E-state index contributed by atoms with van der Waals surface area (Å²) in [6.07, 6.45) is 0.529. The highest BCUT2D eigenvalue weighted by Gasteiger charge is 2.15. The summed E-state index contributed by atoms with van der Waals surface area (Å²) in [6.45, 7) is 2.10. The summed E-state index contributed by atoms with van der Waals surface area (Å²) >= 11 is 0. The molecule has 0 aliphatic carbocycles. The number of anilines is 1. The van der Waals surface area contributed by atoms with Gasteiger partial charge in [-0.2, -0.15) is 5.26 Å². The van der Waals surface area contributed by atoms with E-state index in [4.69, 9.17) is 10.5 Å². The van der Waals surface area contributed by atoms with E-state index in [0.29, 0.717) is 29.8 Å². The molecule has 0 fully saturated rings. The Kier molecular flexibility index (Phi) is 5.53. The van der Waals surface area contributed by atoms with Crippen molar-refractivity contribution in [2.24, 2.45) is 0 Å². The number of nitrogens with two attached hydrogens (primary N) is 1. The van der Waals surface area contributed by atoms with Gasteiger partial charge in [0.15, 0.2) is 0 Å². The molecule has 2 N–H and O–H groups in total. The lowest BCUT2D eigenvalue weighted by Gasteiger charge is -2.12. The van der Waals surface area contributed by atoms with Crippen LogP contribution in [0.1, 0.15) is 34.0 Å². The van der Waals surface area contributed by atoms with Crippen LogP contribution in [0.15, 0.2) is 66.7 Å². The maximum Gasteiger partial charge on any atom is 0.338 e. The van der Waals surface area contributed by atoms with Crippen molar-refractivity contribution in [2.75, 3.05) is 12.3 Å². The third-order valence-electron chi connectivity index (χ3n) is 4.40. The fourth-order valence-electron chi connectivity index (χ4n) is 3.04. The molecule has 0 bridgehead atoms. The number of carbonyl (C=O) groups is 1. The number of benzene rings is 3. The first-order valence-electron chi connectivity index (χ1n) is 8.77. The second-order valence-electron chi connectivity index (χ2n) is 6.12. The molecule has 3 aromatic rings. The minimum atomic E-state index is -0.362. The Hall–Kier alpha value is -3.58. The van der Waals surface area contributed by atoms with Crippen molar-refractivity contribution in [3.05, 3.63) is 89.0 Å². The van der Waals surface area contributed by atoms with Crippen LogP contribution in [0.4, 0.5) is 5.69 Å². The van der Waals surface area contributed by atoms with Gasteiger partial charge in [-0.05, 0) is 47.4 Å². The van der Waals surface area contributed by atoms with Crippen molar-refractivity contribution in [1.29, 1.82) is 5.26 Å². The summed E-state index contributed by atoms with van der Waals surface area (Å²) in [5, 5.41) is 9.28. The molecule has 0 saturated carbocycles. The Bertz CT molecular complexity index is 1000. The Morgan fingerprint density at radius 3 is 2.48 bits per heavy atom. The first kappa shape index (κ1) is 18.2. The Morgan fingerprint density at radius 1 is 1.04 bits per heavy atom. The van der Waals surface area contributed by atoms with Crippen LogP contribution in [-0.2, 0) is 11.2 Å². The minimum Gasteiger partial charge on any atom is -0.462 e. The predicted octanol–water partition coefficient (Wildman–Crippen LogP) is 4.57. The topological polar surface area (TPSA) is 76.1 Å². The van der Waals surface area contributed by atoms with Crippen LogP contribution in [0.25, 0.3) is 11.1 Å². The quantitative estimate of drug-likeness (QED) is 0.536. The number of hydrogen-bond donors (Lipinski definition) is 1. The van der Waals surface area contributed by atoms with Gasteiger partial charge in [0.25, 0.3) is 0 Å². The van der Waals surface area contributed by atoms with E-state index in [1.165, 1.54) is 0 Å². The molecule has 0 amide bonds. The highest BCUT2D eigenvalue weighted by molar-refractivity contribution is 5.93. The molecule has 0 aromatic heterocycles. The van der Waals surface area contributed by atoms with E-state index in [2.05, 4.69) is 6.07 Å². The van der Waals surface area contributed by atoms with Crippen molar-refractivity contribution in [3.63, 3.8) is 0 Å². The number of nitrogens with zero attached hydrogens (tertiary/aromatic N) is 1. The monoisotopic (exact) mass is 356 g/mol. The number of carbonyl (C=O) groups excluding carboxylic acids is 1. The summed E-state index contributed by atoms with van der Waals surface area (Å²) < 4.78 is 5.14. The standard InChI is InChI=1S/C23H20N2O2/c1-2-27-23(26)20-8-5-9-22(25)21(20)14-16-10-12-17(13-11-16)19-7-4-3-6-18(19)15-24/h3-13H,2,14,25H2,1H3. The molecule has 27 heavy (non-hydrogen) atoms. The second kappa shape index (κ2) is 8.20. The van der Waals surface area contributed by atoms with Gasteiger partial charge < -0.3 is 10.5 Å². The average molecular weight is 356 g/mol. The third kappa shape index (κ3) is 3.99. The molecule has 0 aliphatic heterocycles. The number of esters is 1. The second-order valence-corrected chi connectivity index (χ2v) is 6.12. The summed E-state index contributed by atoms with van der Waals surface area (Å²) in [4.78, 5) is 12.2. The van der Waals surface area contributed by atoms with Crippen LogP contribution >= 0.6 is 0 Å². The maximum absolute atomic E-state index is 12.2. The highest BCUT2D eigenvalue weighted by Crippen LogP contribution is 2.26. The lowest BCUT2D eigenvalue weighted by molar-refractivity contribution is 0.0525. The zero-order valence-electron chi connectivity index (χ0n) is 15.1. The van der Waals surface area contributed by atoms with E-state index in [0.717, 1.165) is 22.3 Å². The van der Waals surface area contributed by atoms with Crippen LogP contribution in [0.3, 0.4) is 0 Å². The summed E-state index contributed by atoms with van der Waals surface area (Å²) in [7, 11) is 0. The molecule has 0 radical (unpaired) electrons. The van der Waals surface area contributed by atoms with Crippen molar-refractivity contribution in [1.82, 2.24) is 0 Å². The lowest BCUT2D eigenvalue weighted by atomic mass is 9.95. The number of ether oxygens (including phenoxy) is 1. The molecule has 0 spiro atoms. The van der Waals surface area contributed by atoms with E-state index >= 15 is 0 Å². The van der Waals surface area contributed by atoms with Gasteiger partial charge in [0.1, 0.15) is 0 Å². The first-order chi connectivity index (χ1) is 13.1. The van der Waals surface area contributed by atoms with Crippen LogP contribution in [-0.4, -0.2) is 12.6 Å². The third-order valence-corrected chi connectivity index (χ3v) is 4.40. The Balaban J connectivity index is 1.90. The fourth-order valence-corrected chi connectivity index (χ4v) is 3.04. The highest BCUT2D eigenvalue weighted by atomic mass is 16.5. The van der Waals surface area contributed by atoms with Crippen LogP contribution < -0.4 is 5.73 Å². The van der Waals surface area contributed by atoms with Crippen LogP contribution in [0.2, 0.25) is 0 Å². The molecule has 0 atom stereocenters. The molecular formula is C23H20N2O2. The maximum atomic E-state index is 12.2. The van der Waals surface area contributed by atoms with Gasteiger partial charge >= 0.3 is 5.97 Å². The lowest BCUT2D eigenvalue weighted by Crippen LogP contribution is -2.10. The number of rotatable bonds is 5. The summed E-state index contributed by atoms with van der Waals surface area (Å²) in [5.41, 5.74) is 11.5. The van der Waals surface area contributed by atoms with E-state index in [9.17, 15) is 10.1 Å². The van der Waals surface area contributed by atoms with Gasteiger partial charge in [0.05, 0.1) is 23.8 Å². The zero-order valence-corrected chi connectivity index (χ0v) is 15.1. The van der Waals surface area contributed by atoms with E-state index in [1.54, 1.807) is 31.2 Å². The smallest absolute Gasteiger partial charge is 0.338 e. The molecule has 4 nitrogen and oxygen atoms in total. The van der Waals surface area contributed by atoms with Gasteiger partial charge in [0, 0.05) is 12.1 Å². The molecule has 134 valence electrons. The van der Waals surface area contributed by atoms with Gasteiger partial charge in [-0.1, -0.05) is 48.5 Å². The average Bonchev–Trinajstić information content (AvgIpc) is 2.70. The Labute approximate surface area is 158 Å². The van der Waals surface area contributed by atoms with Crippen molar-refractivity contribution < 1.29 is 9.53 Å². The van der Waals surface area contributed by atoms with Gasteiger partial charge in [-0.15, -0.1) is 0 Å². The molecule has 3 rings (SSSR count). The number of nitrogen functional groups attached to an aromatic ring is 1. The van der Waals surface area contributed by atoms with Crippen molar-refractivity contribution in [3.8, 4) is 17.2 Å². The molecule has 0 heterocycles. The molecule has 0 unspecified atom stereocenters. The molecule has 3 aromatic carbocycles. The van der Waals surface area contributed by atoms with Crippen molar-refractivity contribution in [2.45, 2.75) is 13.3 Å². The van der Waals surface area contributed by atoms with Gasteiger partial charge in [0.2, 0.25) is 0 Å². The van der Waals surface area contributed by atoms with E-state index < -0.39 is 0 Å². The molecule has 0 saturated heterocycles. The minimum absolute atomic E-state index is 0.320.